The molecule has 0 aliphatic carbocycles. The molecule has 0 aliphatic rings. The smallest absolute Gasteiger partial charge is 0.0529 e. The lowest BCUT2D eigenvalue weighted by molar-refractivity contribution is 0.433. The number of rotatable bonds is 1. The average molecular weight is 287 g/mol. The molecular weight excluding hydrogens is 261 g/mol. The SMILES string of the molecule is Cc1ccc(-c2cc(C(C)(C)C)pn2C(C)(C)C)cc1. The lowest BCUT2D eigenvalue weighted by Gasteiger charge is -2.24. The summed E-state index contributed by atoms with van der Waals surface area (Å²) in [6.45, 7) is 15.9. The van der Waals surface area contributed by atoms with Gasteiger partial charge in [0.1, 0.15) is 0 Å². The summed E-state index contributed by atoms with van der Waals surface area (Å²) in [6, 6.07) is 11.3. The third kappa shape index (κ3) is 3.15. The Balaban J connectivity index is 2.62. The van der Waals surface area contributed by atoms with Crippen molar-refractivity contribution in [2.75, 3.05) is 0 Å². The van der Waals surface area contributed by atoms with Gasteiger partial charge in [-0.1, -0.05) is 50.6 Å². The van der Waals surface area contributed by atoms with Crippen molar-refractivity contribution in [3.05, 3.63) is 41.2 Å². The first-order valence-corrected chi connectivity index (χ1v) is 8.12. The van der Waals surface area contributed by atoms with Crippen LogP contribution in [-0.2, 0) is 11.0 Å². The van der Waals surface area contributed by atoms with E-state index in [0.717, 1.165) is 0 Å². The minimum Gasteiger partial charge on any atom is -0.318 e. The molecule has 0 bridgehead atoms. The van der Waals surface area contributed by atoms with Gasteiger partial charge in [0.15, 0.2) is 0 Å². The molecule has 0 unspecified atom stereocenters. The summed E-state index contributed by atoms with van der Waals surface area (Å²) in [6.07, 6.45) is 0. The molecule has 1 aromatic carbocycles. The molecular formula is C18H26NP. The number of benzene rings is 1. The van der Waals surface area contributed by atoms with Crippen LogP contribution in [0.15, 0.2) is 30.3 Å². The normalized spacial score (nSPS) is 13.2. The van der Waals surface area contributed by atoms with Gasteiger partial charge in [0.25, 0.3) is 0 Å². The van der Waals surface area contributed by atoms with Crippen LogP contribution >= 0.6 is 8.35 Å². The maximum absolute atomic E-state index is 2.50. The molecule has 108 valence electrons. The van der Waals surface area contributed by atoms with E-state index in [0.29, 0.717) is 0 Å². The highest BCUT2D eigenvalue weighted by Gasteiger charge is 2.24. The summed E-state index contributed by atoms with van der Waals surface area (Å²) in [5.74, 6) is 0. The Morgan fingerprint density at radius 2 is 1.45 bits per heavy atom. The molecule has 0 saturated heterocycles. The van der Waals surface area contributed by atoms with E-state index in [1.807, 2.05) is 0 Å². The van der Waals surface area contributed by atoms with Crippen molar-refractivity contribution in [2.24, 2.45) is 0 Å². The first-order chi connectivity index (χ1) is 9.09. The van der Waals surface area contributed by atoms with E-state index >= 15 is 0 Å². The zero-order valence-electron chi connectivity index (χ0n) is 13.8. The number of hydrogen-bond acceptors (Lipinski definition) is 0. The van der Waals surface area contributed by atoms with Crippen molar-refractivity contribution in [1.82, 2.24) is 4.33 Å². The fourth-order valence-corrected chi connectivity index (χ4v) is 3.47. The van der Waals surface area contributed by atoms with Crippen molar-refractivity contribution >= 4 is 8.35 Å². The van der Waals surface area contributed by atoms with Gasteiger partial charge in [-0.05, 0) is 44.7 Å². The number of aryl methyl sites for hydroxylation is 1. The van der Waals surface area contributed by atoms with Crippen LogP contribution in [0.3, 0.4) is 0 Å². The lowest BCUT2D eigenvalue weighted by atomic mass is 9.93. The quantitative estimate of drug-likeness (QED) is 0.597. The van der Waals surface area contributed by atoms with E-state index < -0.39 is 0 Å². The van der Waals surface area contributed by atoms with Crippen molar-refractivity contribution in [3.63, 3.8) is 0 Å². The summed E-state index contributed by atoms with van der Waals surface area (Å²) in [4.78, 5) is 0. The van der Waals surface area contributed by atoms with Gasteiger partial charge in [-0.25, -0.2) is 0 Å². The molecule has 0 aliphatic heterocycles. The molecule has 2 rings (SSSR count). The molecule has 20 heavy (non-hydrogen) atoms. The molecule has 2 heteroatoms. The monoisotopic (exact) mass is 287 g/mol. The summed E-state index contributed by atoms with van der Waals surface area (Å²) in [7, 11) is 1.32. The number of hydrogen-bond donors (Lipinski definition) is 0. The second-order valence-electron chi connectivity index (χ2n) is 7.61. The van der Waals surface area contributed by atoms with E-state index in [-0.39, 0.29) is 11.0 Å². The van der Waals surface area contributed by atoms with E-state index in [9.17, 15) is 0 Å². The van der Waals surface area contributed by atoms with Crippen LogP contribution in [0.1, 0.15) is 52.4 Å². The minimum atomic E-state index is 0.130. The van der Waals surface area contributed by atoms with E-state index in [1.54, 1.807) is 0 Å². The summed E-state index contributed by atoms with van der Waals surface area (Å²) in [5.41, 5.74) is 4.33. The van der Waals surface area contributed by atoms with Crippen LogP contribution in [0.5, 0.6) is 0 Å². The predicted octanol–water partition coefficient (Wildman–Crippen LogP) is 6.10. The fourth-order valence-electron chi connectivity index (χ4n) is 2.19. The topological polar surface area (TPSA) is 4.93 Å². The second-order valence-corrected chi connectivity index (χ2v) is 8.70. The second kappa shape index (κ2) is 5.04. The maximum atomic E-state index is 2.50. The number of nitrogens with zero attached hydrogens (tertiary/aromatic N) is 1. The van der Waals surface area contributed by atoms with Crippen LogP contribution in [0.2, 0.25) is 0 Å². The first-order valence-electron chi connectivity index (χ1n) is 7.27. The zero-order chi connectivity index (χ0) is 15.1. The molecule has 0 radical (unpaired) electrons. The Kier molecular flexibility index (Phi) is 3.86. The van der Waals surface area contributed by atoms with E-state index in [2.05, 4.69) is 83.1 Å². The lowest BCUT2D eigenvalue weighted by Crippen LogP contribution is -2.19. The molecule has 0 fully saturated rings. The Bertz CT molecular complexity index is 592. The van der Waals surface area contributed by atoms with Gasteiger partial charge in [-0.2, -0.15) is 0 Å². The highest BCUT2D eigenvalue weighted by Crippen LogP contribution is 2.40. The Morgan fingerprint density at radius 1 is 0.900 bits per heavy atom. The Hall–Kier alpha value is -1.07. The van der Waals surface area contributed by atoms with Gasteiger partial charge < -0.3 is 4.33 Å². The highest BCUT2D eigenvalue weighted by atomic mass is 31.0. The summed E-state index contributed by atoms with van der Waals surface area (Å²) < 4.78 is 2.50. The van der Waals surface area contributed by atoms with E-state index in [1.165, 1.54) is 30.5 Å². The maximum Gasteiger partial charge on any atom is 0.0529 e. The molecule has 1 aromatic heterocycles. The molecule has 0 saturated carbocycles. The van der Waals surface area contributed by atoms with Crippen molar-refractivity contribution < 1.29 is 0 Å². The Labute approximate surface area is 125 Å². The standard InChI is InChI=1S/C18H26NP/c1-13-8-10-14(11-9-13)15-12-16(17(2,3)4)20-19(15)18(5,6)7/h8-12H,1-7H3. The summed E-state index contributed by atoms with van der Waals surface area (Å²) in [5, 5.41) is 1.49. The number of aromatic nitrogens is 1. The summed E-state index contributed by atoms with van der Waals surface area (Å²) >= 11 is 0. The Morgan fingerprint density at radius 3 is 1.90 bits per heavy atom. The third-order valence-electron chi connectivity index (χ3n) is 3.46. The third-order valence-corrected chi connectivity index (χ3v) is 5.49. The van der Waals surface area contributed by atoms with Gasteiger partial charge in [0, 0.05) is 19.2 Å². The minimum absolute atomic E-state index is 0.130. The van der Waals surface area contributed by atoms with Gasteiger partial charge in [0.2, 0.25) is 0 Å². The molecule has 2 aromatic rings. The molecule has 1 heterocycles. The van der Waals surface area contributed by atoms with Crippen LogP contribution in [0.25, 0.3) is 11.3 Å². The van der Waals surface area contributed by atoms with Gasteiger partial charge >= 0.3 is 0 Å². The van der Waals surface area contributed by atoms with Crippen molar-refractivity contribution in [1.29, 1.82) is 0 Å². The molecule has 0 amide bonds. The van der Waals surface area contributed by atoms with Crippen LogP contribution < -0.4 is 0 Å². The average Bonchev–Trinajstić information content (AvgIpc) is 2.74. The van der Waals surface area contributed by atoms with Crippen LogP contribution in [0.4, 0.5) is 0 Å². The van der Waals surface area contributed by atoms with Crippen LogP contribution in [0, 0.1) is 6.92 Å². The zero-order valence-corrected chi connectivity index (χ0v) is 14.7. The molecule has 1 nitrogen and oxygen atoms in total. The van der Waals surface area contributed by atoms with Crippen molar-refractivity contribution in [3.8, 4) is 11.3 Å². The molecule has 0 spiro atoms. The van der Waals surface area contributed by atoms with Gasteiger partial charge in [-0.3, -0.25) is 0 Å². The van der Waals surface area contributed by atoms with Crippen LogP contribution in [-0.4, -0.2) is 4.33 Å². The highest BCUT2D eigenvalue weighted by molar-refractivity contribution is 7.27. The fraction of sp³-hybridized carbons (Fsp3) is 0.500. The van der Waals surface area contributed by atoms with Crippen molar-refractivity contribution in [2.45, 2.75) is 59.4 Å². The largest absolute Gasteiger partial charge is 0.318 e. The molecule has 0 N–H and O–H groups in total. The van der Waals surface area contributed by atoms with E-state index in [4.69, 9.17) is 0 Å². The molecule has 0 atom stereocenters. The van der Waals surface area contributed by atoms with Gasteiger partial charge in [-0.15, -0.1) is 0 Å². The van der Waals surface area contributed by atoms with Gasteiger partial charge in [0.05, 0.1) is 5.69 Å². The predicted molar refractivity (Wildman–Crippen MR) is 90.8 cm³/mol. The first kappa shape index (κ1) is 15.3.